The molecule has 20 heavy (non-hydrogen) atoms. The van der Waals surface area contributed by atoms with Gasteiger partial charge in [0.15, 0.2) is 5.82 Å². The number of rotatable bonds is 4. The molecule has 4 nitrogen and oxygen atoms in total. The van der Waals surface area contributed by atoms with Gasteiger partial charge in [-0.25, -0.2) is 0 Å². The fraction of sp³-hybridized carbons (Fsp3) is 0.375. The maximum Gasteiger partial charge on any atom is 0.152 e. The lowest BCUT2D eigenvalue weighted by Gasteiger charge is -2.14. The van der Waals surface area contributed by atoms with Crippen LogP contribution in [0.4, 0.5) is 5.82 Å². The zero-order valence-corrected chi connectivity index (χ0v) is 12.4. The van der Waals surface area contributed by atoms with Crippen LogP contribution in [0.1, 0.15) is 42.1 Å². The molecule has 2 aromatic rings. The van der Waals surface area contributed by atoms with Crippen LogP contribution in [-0.2, 0) is 6.54 Å². The Morgan fingerprint density at radius 3 is 2.30 bits per heavy atom. The van der Waals surface area contributed by atoms with Crippen molar-refractivity contribution >= 4 is 5.82 Å². The molecule has 1 aromatic heterocycles. The molecule has 4 heteroatoms. The summed E-state index contributed by atoms with van der Waals surface area (Å²) >= 11 is 0. The van der Waals surface area contributed by atoms with Gasteiger partial charge >= 0.3 is 0 Å². The summed E-state index contributed by atoms with van der Waals surface area (Å²) in [5, 5.41) is 21.2. The molecule has 0 aliphatic carbocycles. The number of benzene rings is 1. The summed E-state index contributed by atoms with van der Waals surface area (Å²) in [4.78, 5) is 0. The molecule has 106 valence electrons. The maximum absolute atomic E-state index is 9.26. The van der Waals surface area contributed by atoms with Crippen molar-refractivity contribution in [3.8, 4) is 5.75 Å². The van der Waals surface area contributed by atoms with Gasteiger partial charge in [0.1, 0.15) is 5.75 Å². The minimum absolute atomic E-state index is 0.279. The molecule has 0 atom stereocenters. The molecule has 2 rings (SSSR count). The lowest BCUT2D eigenvalue weighted by molar-refractivity contribution is 0.475. The molecule has 0 spiro atoms. The highest BCUT2D eigenvalue weighted by Gasteiger charge is 2.11. The molecule has 0 radical (unpaired) electrons. The fourth-order valence-corrected chi connectivity index (χ4v) is 2.14. The summed E-state index contributed by atoms with van der Waals surface area (Å²) in [5.41, 5.74) is 4.48. The first-order chi connectivity index (χ1) is 9.49. The number of nitrogens with zero attached hydrogens (tertiary/aromatic N) is 2. The highest BCUT2D eigenvalue weighted by Crippen LogP contribution is 2.23. The van der Waals surface area contributed by atoms with E-state index in [9.17, 15) is 5.11 Å². The van der Waals surface area contributed by atoms with E-state index in [1.165, 1.54) is 5.56 Å². The van der Waals surface area contributed by atoms with Gasteiger partial charge in [0.2, 0.25) is 0 Å². The van der Waals surface area contributed by atoms with E-state index in [4.69, 9.17) is 0 Å². The van der Waals surface area contributed by atoms with Crippen molar-refractivity contribution in [2.24, 2.45) is 0 Å². The Hall–Kier alpha value is -2.10. The minimum atomic E-state index is 0.279. The smallest absolute Gasteiger partial charge is 0.152 e. The summed E-state index contributed by atoms with van der Waals surface area (Å²) in [6, 6.07) is 7.15. The minimum Gasteiger partial charge on any atom is -0.508 e. The lowest BCUT2D eigenvalue weighted by Crippen LogP contribution is -2.09. The molecule has 0 saturated heterocycles. The van der Waals surface area contributed by atoms with Gasteiger partial charge in [-0.05, 0) is 48.6 Å². The van der Waals surface area contributed by atoms with E-state index in [1.54, 1.807) is 12.1 Å². The Balaban J connectivity index is 2.14. The van der Waals surface area contributed by atoms with Crippen LogP contribution in [0.3, 0.4) is 0 Å². The molecule has 0 bridgehead atoms. The zero-order valence-electron chi connectivity index (χ0n) is 12.4. The quantitative estimate of drug-likeness (QED) is 0.893. The van der Waals surface area contributed by atoms with E-state index in [0.29, 0.717) is 12.5 Å². The average Bonchev–Trinajstić information content (AvgIpc) is 2.42. The molecule has 2 N–H and O–H groups in total. The molecule has 0 fully saturated rings. The van der Waals surface area contributed by atoms with E-state index in [2.05, 4.69) is 43.2 Å². The fourth-order valence-electron chi connectivity index (χ4n) is 2.14. The van der Waals surface area contributed by atoms with Crippen molar-refractivity contribution in [2.45, 2.75) is 40.2 Å². The average molecular weight is 271 g/mol. The molecule has 0 saturated carbocycles. The molecular formula is C16H21N3O. The highest BCUT2D eigenvalue weighted by atomic mass is 16.3. The third-order valence-corrected chi connectivity index (χ3v) is 3.50. The molecule has 1 aromatic carbocycles. The van der Waals surface area contributed by atoms with Gasteiger partial charge in [0.25, 0.3) is 0 Å². The number of nitrogens with one attached hydrogen (secondary N) is 1. The van der Waals surface area contributed by atoms with E-state index in [1.807, 2.05) is 12.1 Å². The zero-order chi connectivity index (χ0) is 14.7. The summed E-state index contributed by atoms with van der Waals surface area (Å²) in [6.45, 7) is 9.07. The second-order valence-corrected chi connectivity index (χ2v) is 5.36. The first-order valence-corrected chi connectivity index (χ1v) is 6.84. The molecule has 1 heterocycles. The van der Waals surface area contributed by atoms with Crippen LogP contribution in [0.15, 0.2) is 24.3 Å². The molecule has 0 unspecified atom stereocenters. The standard InChI is InChI=1S/C16H21N3O/c1-10(2)15-11(3)12(4)16(19-18-15)17-9-13-5-7-14(20)8-6-13/h5-8,10,20H,9H2,1-4H3,(H,17,19). The predicted molar refractivity (Wildman–Crippen MR) is 81.0 cm³/mol. The molecule has 0 aliphatic heterocycles. The second kappa shape index (κ2) is 5.90. The van der Waals surface area contributed by atoms with Gasteiger partial charge in [0.05, 0.1) is 5.69 Å². The predicted octanol–water partition coefficient (Wildman–Crippen LogP) is 3.53. The van der Waals surface area contributed by atoms with Crippen LogP contribution in [0, 0.1) is 13.8 Å². The number of phenols is 1. The molecular weight excluding hydrogens is 250 g/mol. The van der Waals surface area contributed by atoms with Crippen LogP contribution in [0.2, 0.25) is 0 Å². The molecule has 0 aliphatic rings. The Morgan fingerprint density at radius 1 is 1.05 bits per heavy atom. The number of aromatic hydroxyl groups is 1. The Kier molecular flexibility index (Phi) is 4.23. The van der Waals surface area contributed by atoms with Crippen molar-refractivity contribution in [1.82, 2.24) is 10.2 Å². The van der Waals surface area contributed by atoms with Gasteiger partial charge in [-0.1, -0.05) is 26.0 Å². The van der Waals surface area contributed by atoms with Crippen LogP contribution >= 0.6 is 0 Å². The second-order valence-electron chi connectivity index (χ2n) is 5.36. The van der Waals surface area contributed by atoms with Crippen LogP contribution < -0.4 is 5.32 Å². The van der Waals surface area contributed by atoms with E-state index < -0.39 is 0 Å². The summed E-state index contributed by atoms with van der Waals surface area (Å²) in [7, 11) is 0. The number of aromatic nitrogens is 2. The van der Waals surface area contributed by atoms with Crippen molar-refractivity contribution in [1.29, 1.82) is 0 Å². The number of hydrogen-bond acceptors (Lipinski definition) is 4. The van der Waals surface area contributed by atoms with Crippen molar-refractivity contribution < 1.29 is 5.11 Å². The van der Waals surface area contributed by atoms with Crippen LogP contribution in [-0.4, -0.2) is 15.3 Å². The van der Waals surface area contributed by atoms with E-state index >= 15 is 0 Å². The number of phenolic OH excluding ortho intramolecular Hbond substituents is 1. The SMILES string of the molecule is Cc1c(NCc2ccc(O)cc2)nnc(C(C)C)c1C. The van der Waals surface area contributed by atoms with Crippen molar-refractivity contribution in [3.63, 3.8) is 0 Å². The number of hydrogen-bond donors (Lipinski definition) is 2. The van der Waals surface area contributed by atoms with Crippen molar-refractivity contribution in [2.75, 3.05) is 5.32 Å². The Morgan fingerprint density at radius 2 is 1.70 bits per heavy atom. The Bertz CT molecular complexity index is 591. The number of anilines is 1. The van der Waals surface area contributed by atoms with Crippen molar-refractivity contribution in [3.05, 3.63) is 46.6 Å². The normalized spacial score (nSPS) is 10.8. The van der Waals surface area contributed by atoms with Gasteiger partial charge in [-0.2, -0.15) is 5.10 Å². The van der Waals surface area contributed by atoms with Gasteiger partial charge in [-0.3, -0.25) is 0 Å². The topological polar surface area (TPSA) is 58.0 Å². The van der Waals surface area contributed by atoms with Gasteiger partial charge in [-0.15, -0.1) is 5.10 Å². The first kappa shape index (κ1) is 14.3. The van der Waals surface area contributed by atoms with Gasteiger partial charge < -0.3 is 10.4 Å². The highest BCUT2D eigenvalue weighted by molar-refractivity contribution is 5.48. The molecule has 0 amide bonds. The van der Waals surface area contributed by atoms with Gasteiger partial charge in [0, 0.05) is 6.54 Å². The monoisotopic (exact) mass is 271 g/mol. The van der Waals surface area contributed by atoms with E-state index in [0.717, 1.165) is 22.6 Å². The van der Waals surface area contributed by atoms with Crippen LogP contribution in [0.25, 0.3) is 0 Å². The summed E-state index contributed by atoms with van der Waals surface area (Å²) in [5.74, 6) is 1.48. The summed E-state index contributed by atoms with van der Waals surface area (Å²) in [6.07, 6.45) is 0. The lowest BCUT2D eigenvalue weighted by atomic mass is 10.0. The van der Waals surface area contributed by atoms with E-state index in [-0.39, 0.29) is 5.75 Å². The third-order valence-electron chi connectivity index (χ3n) is 3.50. The first-order valence-electron chi connectivity index (χ1n) is 6.84. The largest absolute Gasteiger partial charge is 0.508 e. The maximum atomic E-state index is 9.26. The third kappa shape index (κ3) is 3.07. The summed E-state index contributed by atoms with van der Waals surface area (Å²) < 4.78 is 0. The Labute approximate surface area is 119 Å². The van der Waals surface area contributed by atoms with Crippen LogP contribution in [0.5, 0.6) is 5.75 Å².